The molecule has 0 aliphatic heterocycles. The van der Waals surface area contributed by atoms with Crippen molar-refractivity contribution in [2.24, 2.45) is 0 Å². The number of aryl methyl sites for hydroxylation is 1. The minimum atomic E-state index is -0.106. The Kier molecular flexibility index (Phi) is 16.0. The first-order chi connectivity index (χ1) is 18.2. The fraction of sp³-hybridized carbons (Fsp3) is 0.500. The van der Waals surface area contributed by atoms with E-state index < -0.39 is 0 Å². The van der Waals surface area contributed by atoms with Gasteiger partial charge >= 0.3 is 0 Å². The number of benzene rings is 2. The van der Waals surface area contributed by atoms with Crippen LogP contribution in [0.1, 0.15) is 106 Å². The number of carbonyl (C=O) groups excluding carboxylic acids is 1. The van der Waals surface area contributed by atoms with Gasteiger partial charge in [0.05, 0.1) is 17.7 Å². The molecule has 2 aromatic carbocycles. The highest BCUT2D eigenvalue weighted by Gasteiger charge is 2.17. The largest absolute Gasteiger partial charge is 1.00 e. The number of hydrogen-bond donors (Lipinski definition) is 1. The molecule has 3 aromatic rings. The Balaban J connectivity index is 0.00000507. The molecule has 0 fully saturated rings. The molecular formula is C32H45BrN2O2S. The molecule has 1 amide bonds. The van der Waals surface area contributed by atoms with Crippen LogP contribution < -0.4 is 31.6 Å². The Morgan fingerprint density at radius 1 is 0.842 bits per heavy atom. The molecule has 0 radical (unpaired) electrons. The number of nitrogens with zero attached hydrogens (tertiary/aromatic N) is 1. The van der Waals surface area contributed by atoms with E-state index in [-0.39, 0.29) is 22.9 Å². The molecule has 208 valence electrons. The van der Waals surface area contributed by atoms with Gasteiger partial charge in [-0.3, -0.25) is 4.79 Å². The summed E-state index contributed by atoms with van der Waals surface area (Å²) in [5, 5.41) is 5.21. The summed E-state index contributed by atoms with van der Waals surface area (Å²) in [6, 6.07) is 15.6. The smallest absolute Gasteiger partial charge is 0.256 e. The predicted octanol–water partition coefficient (Wildman–Crippen LogP) is 5.73. The number of halogens is 1. The molecule has 0 spiro atoms. The van der Waals surface area contributed by atoms with Crippen LogP contribution in [0.15, 0.2) is 59.4 Å². The molecule has 4 nitrogen and oxygen atoms in total. The van der Waals surface area contributed by atoms with E-state index in [0.717, 1.165) is 23.4 Å². The zero-order valence-corrected chi connectivity index (χ0v) is 25.6. The van der Waals surface area contributed by atoms with Crippen LogP contribution >= 0.6 is 11.3 Å². The first kappa shape index (κ1) is 32.0. The highest BCUT2D eigenvalue weighted by atomic mass is 79.9. The van der Waals surface area contributed by atoms with Crippen LogP contribution in [0.4, 0.5) is 5.69 Å². The molecule has 0 bridgehead atoms. The minimum Gasteiger partial charge on any atom is -1.00 e. The number of carbonyl (C=O) groups is 1. The summed E-state index contributed by atoms with van der Waals surface area (Å²) in [6.07, 6.45) is 15.9. The van der Waals surface area contributed by atoms with Gasteiger partial charge < -0.3 is 27.0 Å². The molecule has 1 aromatic heterocycles. The van der Waals surface area contributed by atoms with Crippen molar-refractivity contribution in [3.8, 4) is 5.75 Å². The standard InChI is InChI=1S/C32H44N2O2S.BrH/c1-3-4-5-6-7-8-9-10-11-12-13-18-23-36-31-22-17-16-21-30(31)33-32(35)29-20-15-14-19-28(29)24-34-26-37-25-27(34)2;/h14-17,19-22,25-26H,3-13,18,23-24H2,1-2H3;1H. The second-order valence-corrected chi connectivity index (χ2v) is 10.7. The van der Waals surface area contributed by atoms with Gasteiger partial charge in [0.15, 0.2) is 12.2 Å². The third kappa shape index (κ3) is 11.3. The molecule has 1 heterocycles. The summed E-state index contributed by atoms with van der Waals surface area (Å²) < 4.78 is 8.25. The predicted molar refractivity (Wildman–Crippen MR) is 156 cm³/mol. The number of hydrogen-bond acceptors (Lipinski definition) is 3. The van der Waals surface area contributed by atoms with Crippen molar-refractivity contribution in [3.05, 3.63) is 76.2 Å². The van der Waals surface area contributed by atoms with Gasteiger partial charge in [-0.15, -0.1) is 0 Å². The molecule has 0 aliphatic carbocycles. The van der Waals surface area contributed by atoms with Crippen LogP contribution in [0.2, 0.25) is 0 Å². The Bertz CT molecular complexity index is 1070. The minimum absolute atomic E-state index is 0. The molecule has 1 N–H and O–H groups in total. The molecular weight excluding hydrogens is 556 g/mol. The maximum atomic E-state index is 13.2. The maximum absolute atomic E-state index is 13.2. The molecule has 38 heavy (non-hydrogen) atoms. The number of para-hydroxylation sites is 2. The Labute approximate surface area is 244 Å². The van der Waals surface area contributed by atoms with Crippen LogP contribution in [-0.2, 0) is 6.54 Å². The normalized spacial score (nSPS) is 10.7. The molecule has 6 heteroatoms. The summed E-state index contributed by atoms with van der Waals surface area (Å²) in [7, 11) is 0. The monoisotopic (exact) mass is 600 g/mol. The second-order valence-electron chi connectivity index (χ2n) is 9.97. The summed E-state index contributed by atoms with van der Waals surface area (Å²) in [6.45, 7) is 5.71. The molecule has 3 rings (SSSR count). The van der Waals surface area contributed by atoms with Crippen molar-refractivity contribution in [2.45, 2.75) is 97.4 Å². The maximum Gasteiger partial charge on any atom is 0.256 e. The molecule has 0 aliphatic rings. The average molecular weight is 602 g/mol. The van der Waals surface area contributed by atoms with Crippen molar-refractivity contribution >= 4 is 22.9 Å². The Hall–Kier alpha value is -2.18. The van der Waals surface area contributed by atoms with Gasteiger partial charge in [0, 0.05) is 18.1 Å². The van der Waals surface area contributed by atoms with E-state index in [1.165, 1.54) is 76.3 Å². The number of nitrogens with one attached hydrogen (secondary N) is 1. The van der Waals surface area contributed by atoms with E-state index in [4.69, 9.17) is 4.74 Å². The summed E-state index contributed by atoms with van der Waals surface area (Å²) in [4.78, 5) is 13.2. The van der Waals surface area contributed by atoms with Crippen molar-refractivity contribution in [2.75, 3.05) is 11.9 Å². The van der Waals surface area contributed by atoms with Gasteiger partial charge in [-0.2, -0.15) is 4.57 Å². The number of unbranched alkanes of at least 4 members (excludes halogenated alkanes) is 11. The van der Waals surface area contributed by atoms with Gasteiger partial charge in [-0.05, 0) is 24.6 Å². The summed E-state index contributed by atoms with van der Waals surface area (Å²) >= 11 is 1.67. The SMILES string of the molecule is CCCCCCCCCCCCCCOc1ccccc1NC(=O)c1ccccc1C[n+]1cscc1C.[Br-]. The fourth-order valence-corrected chi connectivity index (χ4v) is 5.37. The van der Waals surface area contributed by atoms with Gasteiger partial charge in [0.1, 0.15) is 5.75 Å². The van der Waals surface area contributed by atoms with Crippen molar-refractivity contribution < 1.29 is 31.1 Å². The molecule has 0 atom stereocenters. The third-order valence-corrected chi connectivity index (χ3v) is 7.73. The number of ether oxygens (including phenoxy) is 1. The molecule has 0 saturated heterocycles. The lowest BCUT2D eigenvalue weighted by molar-refractivity contribution is -0.689. The topological polar surface area (TPSA) is 42.2 Å². The van der Waals surface area contributed by atoms with E-state index >= 15 is 0 Å². The van der Waals surface area contributed by atoms with E-state index in [1.54, 1.807) is 11.3 Å². The quantitative estimate of drug-likeness (QED) is 0.150. The lowest BCUT2D eigenvalue weighted by Gasteiger charge is -2.13. The van der Waals surface area contributed by atoms with Crippen LogP contribution in [0.25, 0.3) is 0 Å². The van der Waals surface area contributed by atoms with Crippen LogP contribution in [-0.4, -0.2) is 12.5 Å². The number of amides is 1. The van der Waals surface area contributed by atoms with Crippen LogP contribution in [0.5, 0.6) is 5.75 Å². The fourth-order valence-electron chi connectivity index (χ4n) is 4.59. The lowest BCUT2D eigenvalue weighted by atomic mass is 10.1. The highest BCUT2D eigenvalue weighted by Crippen LogP contribution is 2.25. The molecule has 0 unspecified atom stereocenters. The van der Waals surface area contributed by atoms with Gasteiger partial charge in [0.25, 0.3) is 5.91 Å². The number of anilines is 1. The third-order valence-electron chi connectivity index (χ3n) is 6.87. The lowest BCUT2D eigenvalue weighted by Crippen LogP contribution is -3.00. The highest BCUT2D eigenvalue weighted by molar-refractivity contribution is 7.07. The van der Waals surface area contributed by atoms with Crippen molar-refractivity contribution in [1.29, 1.82) is 0 Å². The van der Waals surface area contributed by atoms with Crippen LogP contribution in [0.3, 0.4) is 0 Å². The van der Waals surface area contributed by atoms with Gasteiger partial charge in [-0.1, -0.05) is 119 Å². The summed E-state index contributed by atoms with van der Waals surface area (Å²) in [5.74, 6) is 0.630. The summed E-state index contributed by atoms with van der Waals surface area (Å²) in [5.41, 5.74) is 5.69. The van der Waals surface area contributed by atoms with Crippen molar-refractivity contribution in [3.63, 3.8) is 0 Å². The van der Waals surface area contributed by atoms with E-state index in [9.17, 15) is 4.79 Å². The molecule has 0 saturated carbocycles. The first-order valence-electron chi connectivity index (χ1n) is 14.2. The Morgan fingerprint density at radius 2 is 1.45 bits per heavy atom. The van der Waals surface area contributed by atoms with E-state index in [2.05, 4.69) is 34.6 Å². The van der Waals surface area contributed by atoms with Gasteiger partial charge in [0.2, 0.25) is 5.51 Å². The number of aromatic nitrogens is 1. The van der Waals surface area contributed by atoms with Crippen molar-refractivity contribution in [1.82, 2.24) is 0 Å². The zero-order valence-electron chi connectivity index (χ0n) is 23.2. The Morgan fingerprint density at radius 3 is 2.11 bits per heavy atom. The van der Waals surface area contributed by atoms with Crippen LogP contribution in [0, 0.1) is 6.92 Å². The second kappa shape index (κ2) is 19.0. The van der Waals surface area contributed by atoms with Gasteiger partial charge in [-0.25, -0.2) is 0 Å². The first-order valence-corrected chi connectivity index (χ1v) is 15.2. The van der Waals surface area contributed by atoms with E-state index in [1.807, 2.05) is 48.5 Å². The number of rotatable bonds is 18. The zero-order chi connectivity index (χ0) is 26.1. The van der Waals surface area contributed by atoms with E-state index in [0.29, 0.717) is 18.7 Å². The number of thiazole rings is 1. The average Bonchev–Trinajstić information content (AvgIpc) is 3.32.